The van der Waals surface area contributed by atoms with E-state index in [0.717, 1.165) is 0 Å². The molecule has 1 atom stereocenters. The lowest BCUT2D eigenvalue weighted by Crippen LogP contribution is -2.32. The van der Waals surface area contributed by atoms with Crippen LogP contribution in [0.3, 0.4) is 0 Å². The molecule has 0 fully saturated rings. The van der Waals surface area contributed by atoms with Crippen molar-refractivity contribution >= 4 is 24.8 Å². The number of aromatic nitrogens is 1. The maximum absolute atomic E-state index is 9.23. The lowest BCUT2D eigenvalue weighted by Gasteiger charge is -2.16. The molecule has 0 amide bonds. The highest BCUT2D eigenvalue weighted by atomic mass is 35.5. The van der Waals surface area contributed by atoms with Gasteiger partial charge < -0.3 is 5.11 Å². The molecule has 1 unspecified atom stereocenters. The molecule has 5 heteroatoms. The summed E-state index contributed by atoms with van der Waals surface area (Å²) in [6, 6.07) is 3.46. The van der Waals surface area contributed by atoms with Crippen LogP contribution < -0.4 is 5.73 Å². The first-order chi connectivity index (χ1) is 4.61. The van der Waals surface area contributed by atoms with E-state index in [1.807, 2.05) is 0 Å². The average molecular weight is 211 g/mol. The van der Waals surface area contributed by atoms with E-state index in [9.17, 15) is 5.11 Å². The molecule has 0 radical (unpaired) electrons. The van der Waals surface area contributed by atoms with Crippen molar-refractivity contribution in [2.75, 3.05) is 0 Å². The van der Waals surface area contributed by atoms with Crippen molar-refractivity contribution < 1.29 is 5.11 Å². The Hall–Kier alpha value is -0.350. The molecule has 0 saturated heterocycles. The van der Waals surface area contributed by atoms with Gasteiger partial charge in [-0.15, -0.1) is 24.8 Å². The number of nitrogens with zero attached hydrogens (tertiary/aromatic N) is 1. The molecule has 1 rings (SSSR count). The first-order valence-electron chi connectivity index (χ1n) is 3.02. The molecule has 0 aliphatic heterocycles. The summed E-state index contributed by atoms with van der Waals surface area (Å²) in [5, 5.41) is 9.23. The molecule has 0 aromatic carbocycles. The zero-order chi connectivity index (χ0) is 7.61. The van der Waals surface area contributed by atoms with Crippen molar-refractivity contribution in [3.63, 3.8) is 0 Å². The summed E-state index contributed by atoms with van der Waals surface area (Å²) in [7, 11) is 0. The third-order valence-corrected chi connectivity index (χ3v) is 1.25. The first kappa shape index (κ1) is 14.2. The van der Waals surface area contributed by atoms with E-state index >= 15 is 0 Å². The maximum Gasteiger partial charge on any atom is 0.138 e. The molecule has 3 N–H and O–H groups in total. The molecule has 12 heavy (non-hydrogen) atoms. The second kappa shape index (κ2) is 5.32. The van der Waals surface area contributed by atoms with Gasteiger partial charge in [0.15, 0.2) is 0 Å². The monoisotopic (exact) mass is 210 g/mol. The highest BCUT2D eigenvalue weighted by molar-refractivity contribution is 5.85. The Morgan fingerprint density at radius 3 is 2.33 bits per heavy atom. The second-order valence-corrected chi connectivity index (χ2v) is 2.39. The Morgan fingerprint density at radius 1 is 1.50 bits per heavy atom. The highest BCUT2D eigenvalue weighted by Crippen LogP contribution is 2.10. The van der Waals surface area contributed by atoms with Gasteiger partial charge in [-0.3, -0.25) is 10.7 Å². The Morgan fingerprint density at radius 2 is 2.08 bits per heavy atom. The minimum Gasteiger partial charge on any atom is -0.372 e. The van der Waals surface area contributed by atoms with Crippen molar-refractivity contribution in [3.8, 4) is 0 Å². The van der Waals surface area contributed by atoms with Crippen LogP contribution in [-0.4, -0.2) is 10.1 Å². The van der Waals surface area contributed by atoms with Crippen molar-refractivity contribution in [1.82, 2.24) is 4.98 Å². The molecule has 1 aromatic rings. The van der Waals surface area contributed by atoms with Crippen LogP contribution in [0, 0.1) is 0 Å². The van der Waals surface area contributed by atoms with Gasteiger partial charge in [-0.05, 0) is 13.0 Å². The van der Waals surface area contributed by atoms with Gasteiger partial charge in [-0.25, -0.2) is 0 Å². The number of pyridine rings is 1. The molecule has 3 nitrogen and oxygen atoms in total. The minimum absolute atomic E-state index is 0. The van der Waals surface area contributed by atoms with Gasteiger partial charge in [0.05, 0.1) is 0 Å². The van der Waals surface area contributed by atoms with Gasteiger partial charge in [0.1, 0.15) is 5.72 Å². The largest absolute Gasteiger partial charge is 0.372 e. The molecule has 0 aliphatic carbocycles. The van der Waals surface area contributed by atoms with Gasteiger partial charge >= 0.3 is 0 Å². The third kappa shape index (κ3) is 3.88. The van der Waals surface area contributed by atoms with Crippen molar-refractivity contribution in [2.45, 2.75) is 12.6 Å². The van der Waals surface area contributed by atoms with Crippen LogP contribution in [0.15, 0.2) is 24.5 Å². The van der Waals surface area contributed by atoms with Crippen LogP contribution in [0.5, 0.6) is 0 Å². The smallest absolute Gasteiger partial charge is 0.138 e. The Labute approximate surface area is 83.8 Å². The van der Waals surface area contributed by atoms with Crippen molar-refractivity contribution in [1.29, 1.82) is 0 Å². The van der Waals surface area contributed by atoms with Gasteiger partial charge in [0.25, 0.3) is 0 Å². The summed E-state index contributed by atoms with van der Waals surface area (Å²) in [5.41, 5.74) is 4.72. The second-order valence-electron chi connectivity index (χ2n) is 2.39. The zero-order valence-electron chi connectivity index (χ0n) is 6.60. The highest BCUT2D eigenvalue weighted by Gasteiger charge is 2.15. The van der Waals surface area contributed by atoms with Crippen LogP contribution in [0.2, 0.25) is 0 Å². The van der Waals surface area contributed by atoms with E-state index in [2.05, 4.69) is 4.98 Å². The summed E-state index contributed by atoms with van der Waals surface area (Å²) in [4.78, 5) is 3.81. The van der Waals surface area contributed by atoms with Crippen molar-refractivity contribution in [2.24, 2.45) is 5.73 Å². The molecule has 1 aromatic heterocycles. The lowest BCUT2D eigenvalue weighted by atomic mass is 10.1. The van der Waals surface area contributed by atoms with Crippen molar-refractivity contribution in [3.05, 3.63) is 30.1 Å². The normalized spacial score (nSPS) is 13.6. The van der Waals surface area contributed by atoms with Crippen LogP contribution in [-0.2, 0) is 5.72 Å². The van der Waals surface area contributed by atoms with Crippen LogP contribution in [0.4, 0.5) is 0 Å². The van der Waals surface area contributed by atoms with Crippen LogP contribution in [0.25, 0.3) is 0 Å². The molecule has 0 saturated carbocycles. The number of rotatable bonds is 1. The summed E-state index contributed by atoms with van der Waals surface area (Å²) < 4.78 is 0. The molecule has 1 heterocycles. The predicted octanol–water partition coefficient (Wildman–Crippen LogP) is 1.05. The fourth-order valence-corrected chi connectivity index (χ4v) is 0.662. The number of hydrogen-bond donors (Lipinski definition) is 2. The number of halogens is 2. The molecule has 0 spiro atoms. The standard InChI is InChI=1S/C7H10N2O.2ClH/c1-7(8,10)6-3-2-4-9-5-6;;/h2-5,10H,8H2,1H3;2*1H. The van der Waals surface area contributed by atoms with E-state index < -0.39 is 5.72 Å². The van der Waals surface area contributed by atoms with E-state index in [0.29, 0.717) is 5.56 Å². The number of hydrogen-bond acceptors (Lipinski definition) is 3. The van der Waals surface area contributed by atoms with Gasteiger partial charge in [0.2, 0.25) is 0 Å². The molecule has 0 aliphatic rings. The molecule has 70 valence electrons. The summed E-state index contributed by atoms with van der Waals surface area (Å²) >= 11 is 0. The van der Waals surface area contributed by atoms with E-state index in [1.54, 1.807) is 24.5 Å². The first-order valence-corrected chi connectivity index (χ1v) is 3.02. The fourth-order valence-electron chi connectivity index (χ4n) is 0.662. The van der Waals surface area contributed by atoms with E-state index in [-0.39, 0.29) is 24.8 Å². The van der Waals surface area contributed by atoms with E-state index in [1.165, 1.54) is 6.92 Å². The molecular weight excluding hydrogens is 199 g/mol. The van der Waals surface area contributed by atoms with Crippen LogP contribution >= 0.6 is 24.8 Å². The van der Waals surface area contributed by atoms with Gasteiger partial charge in [-0.1, -0.05) is 6.07 Å². The maximum atomic E-state index is 9.23. The lowest BCUT2D eigenvalue weighted by molar-refractivity contribution is 0.0643. The predicted molar refractivity (Wildman–Crippen MR) is 52.5 cm³/mol. The Balaban J connectivity index is 0. The topological polar surface area (TPSA) is 59.1 Å². The zero-order valence-corrected chi connectivity index (χ0v) is 8.23. The fraction of sp³-hybridized carbons (Fsp3) is 0.286. The van der Waals surface area contributed by atoms with Gasteiger partial charge in [-0.2, -0.15) is 0 Å². The Bertz CT molecular complexity index is 210. The number of nitrogens with two attached hydrogens (primary N) is 1. The Kier molecular flexibility index (Phi) is 6.29. The van der Waals surface area contributed by atoms with Gasteiger partial charge in [0, 0.05) is 18.0 Å². The molecule has 0 bridgehead atoms. The summed E-state index contributed by atoms with van der Waals surface area (Å²) in [5.74, 6) is 0. The summed E-state index contributed by atoms with van der Waals surface area (Å²) in [6.07, 6.45) is 3.18. The minimum atomic E-state index is -1.27. The SMILES string of the molecule is CC(N)(O)c1cccnc1.Cl.Cl. The quantitative estimate of drug-likeness (QED) is 0.682. The summed E-state index contributed by atoms with van der Waals surface area (Å²) in [6.45, 7) is 1.52. The van der Waals surface area contributed by atoms with Crippen LogP contribution in [0.1, 0.15) is 12.5 Å². The average Bonchev–Trinajstić information content (AvgIpc) is 1.88. The number of aliphatic hydroxyl groups is 1. The molecular formula is C7H12Cl2N2O. The third-order valence-electron chi connectivity index (χ3n) is 1.25. The van der Waals surface area contributed by atoms with E-state index in [4.69, 9.17) is 5.73 Å².